The van der Waals surface area contributed by atoms with Crippen molar-refractivity contribution in [2.75, 3.05) is 14.2 Å². The third kappa shape index (κ3) is 1.96. The van der Waals surface area contributed by atoms with Crippen LogP contribution in [0, 0.1) is 0 Å². The molecule has 1 heterocycles. The molecule has 0 amide bonds. The van der Waals surface area contributed by atoms with Crippen LogP contribution in [0.4, 0.5) is 0 Å². The molecule has 1 N–H and O–H groups in total. The number of aromatic carboxylic acids is 1. The van der Waals surface area contributed by atoms with Gasteiger partial charge in [0.05, 0.1) is 5.56 Å². The van der Waals surface area contributed by atoms with Gasteiger partial charge in [-0.3, -0.25) is 0 Å². The van der Waals surface area contributed by atoms with Crippen LogP contribution in [0.1, 0.15) is 34.1 Å². The van der Waals surface area contributed by atoms with E-state index in [-0.39, 0.29) is 5.56 Å². The first-order chi connectivity index (χ1) is 9.63. The van der Waals surface area contributed by atoms with Crippen LogP contribution >= 0.6 is 0 Å². The van der Waals surface area contributed by atoms with E-state index in [2.05, 4.69) is 0 Å². The van der Waals surface area contributed by atoms with Crippen molar-refractivity contribution in [3.05, 3.63) is 47.0 Å². The molecular weight excluding hydrogens is 260 g/mol. The SMILES string of the molecule is CO[C@@H]1O[C@H](OC)c2cc3ccc(C(=O)O)cc3cc21. The first-order valence-electron chi connectivity index (χ1n) is 6.16. The van der Waals surface area contributed by atoms with Gasteiger partial charge in [0.1, 0.15) is 0 Å². The Hall–Kier alpha value is -1.95. The Kier molecular flexibility index (Phi) is 3.17. The maximum Gasteiger partial charge on any atom is 0.335 e. The minimum atomic E-state index is -0.943. The highest BCUT2D eigenvalue weighted by Gasteiger charge is 2.32. The largest absolute Gasteiger partial charge is 0.478 e. The average Bonchev–Trinajstić information content (AvgIpc) is 2.81. The van der Waals surface area contributed by atoms with E-state index in [1.807, 2.05) is 12.1 Å². The van der Waals surface area contributed by atoms with Crippen LogP contribution in [-0.4, -0.2) is 25.3 Å². The molecule has 1 aliphatic rings. The van der Waals surface area contributed by atoms with Crippen LogP contribution in [0.2, 0.25) is 0 Å². The fraction of sp³-hybridized carbons (Fsp3) is 0.267. The Balaban J connectivity index is 2.18. The van der Waals surface area contributed by atoms with Gasteiger partial charge in [0.2, 0.25) is 0 Å². The Labute approximate surface area is 115 Å². The van der Waals surface area contributed by atoms with Gasteiger partial charge in [-0.15, -0.1) is 0 Å². The fourth-order valence-corrected chi connectivity index (χ4v) is 2.50. The molecule has 20 heavy (non-hydrogen) atoms. The van der Waals surface area contributed by atoms with Crippen molar-refractivity contribution in [2.24, 2.45) is 0 Å². The lowest BCUT2D eigenvalue weighted by Gasteiger charge is -2.10. The van der Waals surface area contributed by atoms with Gasteiger partial charge in [0.25, 0.3) is 0 Å². The Morgan fingerprint density at radius 1 is 1.05 bits per heavy atom. The molecule has 0 spiro atoms. The van der Waals surface area contributed by atoms with E-state index in [9.17, 15) is 4.79 Å². The van der Waals surface area contributed by atoms with E-state index in [0.717, 1.165) is 21.9 Å². The minimum Gasteiger partial charge on any atom is -0.478 e. The van der Waals surface area contributed by atoms with Crippen LogP contribution in [-0.2, 0) is 14.2 Å². The zero-order valence-corrected chi connectivity index (χ0v) is 11.1. The van der Waals surface area contributed by atoms with Gasteiger partial charge < -0.3 is 19.3 Å². The maximum absolute atomic E-state index is 11.0. The van der Waals surface area contributed by atoms with Gasteiger partial charge >= 0.3 is 5.97 Å². The number of carbonyl (C=O) groups is 1. The lowest BCUT2D eigenvalue weighted by Crippen LogP contribution is -2.01. The molecule has 0 fully saturated rings. The van der Waals surface area contributed by atoms with Crippen molar-refractivity contribution in [2.45, 2.75) is 12.6 Å². The van der Waals surface area contributed by atoms with E-state index in [0.29, 0.717) is 0 Å². The van der Waals surface area contributed by atoms with E-state index in [1.165, 1.54) is 0 Å². The number of carboxylic acids is 1. The fourth-order valence-electron chi connectivity index (χ4n) is 2.50. The van der Waals surface area contributed by atoms with Crippen molar-refractivity contribution in [3.63, 3.8) is 0 Å². The van der Waals surface area contributed by atoms with E-state index < -0.39 is 18.5 Å². The summed E-state index contributed by atoms with van der Waals surface area (Å²) in [5.74, 6) is -0.943. The molecule has 2 aromatic rings. The molecule has 0 unspecified atom stereocenters. The Bertz CT molecular complexity index is 679. The lowest BCUT2D eigenvalue weighted by atomic mass is 10.00. The maximum atomic E-state index is 11.0. The van der Waals surface area contributed by atoms with Gasteiger partial charge in [-0.1, -0.05) is 6.07 Å². The van der Waals surface area contributed by atoms with Gasteiger partial charge in [-0.05, 0) is 35.0 Å². The molecule has 0 aliphatic carbocycles. The van der Waals surface area contributed by atoms with E-state index >= 15 is 0 Å². The highest BCUT2D eigenvalue weighted by molar-refractivity contribution is 5.95. The van der Waals surface area contributed by atoms with Crippen molar-refractivity contribution >= 4 is 16.7 Å². The molecule has 2 aromatic carbocycles. The van der Waals surface area contributed by atoms with Crippen molar-refractivity contribution < 1.29 is 24.1 Å². The first-order valence-corrected chi connectivity index (χ1v) is 6.16. The molecule has 2 atom stereocenters. The molecule has 1 aliphatic heterocycles. The van der Waals surface area contributed by atoms with Crippen molar-refractivity contribution in [1.82, 2.24) is 0 Å². The second-order valence-electron chi connectivity index (χ2n) is 4.62. The number of methoxy groups -OCH3 is 2. The van der Waals surface area contributed by atoms with E-state index in [1.54, 1.807) is 32.4 Å². The summed E-state index contributed by atoms with van der Waals surface area (Å²) in [5.41, 5.74) is 2.04. The average molecular weight is 274 g/mol. The predicted octanol–water partition coefficient (Wildman–Crippen LogP) is 2.86. The molecule has 0 saturated heterocycles. The molecule has 0 aromatic heterocycles. The van der Waals surface area contributed by atoms with Gasteiger partial charge in [0.15, 0.2) is 12.6 Å². The summed E-state index contributed by atoms with van der Waals surface area (Å²) in [4.78, 5) is 11.0. The summed E-state index contributed by atoms with van der Waals surface area (Å²) in [6.45, 7) is 0. The monoisotopic (exact) mass is 274 g/mol. The Morgan fingerprint density at radius 2 is 1.65 bits per heavy atom. The molecule has 3 rings (SSSR count). The zero-order valence-electron chi connectivity index (χ0n) is 11.1. The molecule has 104 valence electrons. The van der Waals surface area contributed by atoms with Gasteiger partial charge in [-0.2, -0.15) is 0 Å². The number of hydrogen-bond donors (Lipinski definition) is 1. The van der Waals surface area contributed by atoms with Crippen molar-refractivity contribution in [1.29, 1.82) is 0 Å². The lowest BCUT2D eigenvalue weighted by molar-refractivity contribution is -0.217. The summed E-state index contributed by atoms with van der Waals surface area (Å²) in [6.07, 6.45) is -0.952. The number of ether oxygens (including phenoxy) is 3. The first kappa shape index (κ1) is 13.1. The standard InChI is InChI=1S/C15H14O5/c1-18-14-11-6-8-3-4-9(13(16)17)5-10(8)7-12(11)15(19-2)20-14/h3-7,14-15H,1-2H3,(H,16,17)/t14-,15+/m0/s1. The van der Waals surface area contributed by atoms with Crippen LogP contribution in [0.25, 0.3) is 10.8 Å². The predicted molar refractivity (Wildman–Crippen MR) is 71.5 cm³/mol. The summed E-state index contributed by atoms with van der Waals surface area (Å²) >= 11 is 0. The second-order valence-corrected chi connectivity index (χ2v) is 4.62. The third-order valence-electron chi connectivity index (χ3n) is 3.47. The molecule has 0 radical (unpaired) electrons. The van der Waals surface area contributed by atoms with Crippen LogP contribution < -0.4 is 0 Å². The number of benzene rings is 2. The number of fused-ring (bicyclic) bond motifs is 2. The van der Waals surface area contributed by atoms with E-state index in [4.69, 9.17) is 19.3 Å². The highest BCUT2D eigenvalue weighted by atomic mass is 16.8. The summed E-state index contributed by atoms with van der Waals surface area (Å²) < 4.78 is 16.2. The number of hydrogen-bond acceptors (Lipinski definition) is 4. The number of carboxylic acid groups (broad SMARTS) is 1. The molecular formula is C15H14O5. The Morgan fingerprint density at radius 3 is 2.20 bits per heavy atom. The molecule has 5 heteroatoms. The third-order valence-corrected chi connectivity index (χ3v) is 3.47. The highest BCUT2D eigenvalue weighted by Crippen LogP contribution is 2.41. The quantitative estimate of drug-likeness (QED) is 0.932. The molecule has 5 nitrogen and oxygen atoms in total. The van der Waals surface area contributed by atoms with Gasteiger partial charge in [-0.25, -0.2) is 4.79 Å². The topological polar surface area (TPSA) is 65.0 Å². The van der Waals surface area contributed by atoms with Gasteiger partial charge in [0, 0.05) is 25.3 Å². The summed E-state index contributed by atoms with van der Waals surface area (Å²) in [7, 11) is 3.13. The van der Waals surface area contributed by atoms with Crippen LogP contribution in [0.5, 0.6) is 0 Å². The smallest absolute Gasteiger partial charge is 0.335 e. The summed E-state index contributed by atoms with van der Waals surface area (Å²) in [6, 6.07) is 8.85. The summed E-state index contributed by atoms with van der Waals surface area (Å²) in [5, 5.41) is 10.8. The van der Waals surface area contributed by atoms with Crippen LogP contribution in [0.3, 0.4) is 0 Å². The zero-order chi connectivity index (χ0) is 14.3. The molecule has 0 saturated carbocycles. The normalized spacial score (nSPS) is 21.1. The van der Waals surface area contributed by atoms with Crippen molar-refractivity contribution in [3.8, 4) is 0 Å². The molecule has 0 bridgehead atoms. The minimum absolute atomic E-state index is 0.258. The second kappa shape index (κ2) is 4.86. The van der Waals surface area contributed by atoms with Crippen LogP contribution in [0.15, 0.2) is 30.3 Å². The number of rotatable bonds is 3.